The highest BCUT2D eigenvalue weighted by Gasteiger charge is 2.05. The van der Waals surface area contributed by atoms with Gasteiger partial charge in [-0.25, -0.2) is 0 Å². The van der Waals surface area contributed by atoms with Gasteiger partial charge in [0.1, 0.15) is 0 Å². The second-order valence-electron chi connectivity index (χ2n) is 2.95. The Balaban J connectivity index is 0.000000461. The molecule has 0 aliphatic heterocycles. The molecule has 2 heteroatoms. The molecule has 1 N–H and O–H groups in total. The standard InChI is InChI=1S/C10H11NO.C2H6/c12-7-9-6-5-8-3-1-2-4-10(8)11-9;1-2/h2,4-6,12H,1,3,7H2;1-2H3. The molecule has 0 atom stereocenters. The van der Waals surface area contributed by atoms with E-state index in [9.17, 15) is 0 Å². The highest BCUT2D eigenvalue weighted by atomic mass is 16.3. The summed E-state index contributed by atoms with van der Waals surface area (Å²) in [5, 5.41) is 8.85. The average Bonchev–Trinajstić information content (AvgIpc) is 2.31. The molecule has 1 aliphatic carbocycles. The molecule has 0 fully saturated rings. The molecular weight excluding hydrogens is 174 g/mol. The Kier molecular flexibility index (Phi) is 4.33. The van der Waals surface area contributed by atoms with E-state index in [0.717, 1.165) is 24.2 Å². The number of hydrogen-bond acceptors (Lipinski definition) is 2. The number of hydrogen-bond donors (Lipinski definition) is 1. The Morgan fingerprint density at radius 3 is 2.86 bits per heavy atom. The maximum absolute atomic E-state index is 8.85. The number of nitrogens with zero attached hydrogens (tertiary/aromatic N) is 1. The van der Waals surface area contributed by atoms with E-state index in [1.54, 1.807) is 0 Å². The monoisotopic (exact) mass is 191 g/mol. The number of aromatic nitrogens is 1. The van der Waals surface area contributed by atoms with Gasteiger partial charge in [-0.3, -0.25) is 4.98 Å². The van der Waals surface area contributed by atoms with Gasteiger partial charge in [-0.2, -0.15) is 0 Å². The summed E-state index contributed by atoms with van der Waals surface area (Å²) in [5.74, 6) is 0. The lowest BCUT2D eigenvalue weighted by Gasteiger charge is -2.09. The molecule has 2 rings (SSSR count). The number of aryl methyl sites for hydroxylation is 1. The Bertz CT molecular complexity index is 318. The van der Waals surface area contributed by atoms with Gasteiger partial charge < -0.3 is 5.11 Å². The first-order valence-corrected chi connectivity index (χ1v) is 5.16. The van der Waals surface area contributed by atoms with Crippen LogP contribution in [-0.2, 0) is 13.0 Å². The first kappa shape index (κ1) is 10.9. The molecule has 76 valence electrons. The third-order valence-corrected chi connectivity index (χ3v) is 2.09. The van der Waals surface area contributed by atoms with Crippen molar-refractivity contribution in [1.29, 1.82) is 0 Å². The van der Waals surface area contributed by atoms with Crippen molar-refractivity contribution in [2.45, 2.75) is 33.3 Å². The molecular formula is C12H17NO. The lowest BCUT2D eigenvalue weighted by molar-refractivity contribution is 0.276. The molecule has 1 aromatic rings. The quantitative estimate of drug-likeness (QED) is 0.740. The summed E-state index contributed by atoms with van der Waals surface area (Å²) in [6.45, 7) is 4.03. The lowest BCUT2D eigenvalue weighted by atomic mass is 10.0. The molecule has 14 heavy (non-hydrogen) atoms. The molecule has 0 amide bonds. The van der Waals surface area contributed by atoms with Crippen LogP contribution in [0, 0.1) is 0 Å². The lowest BCUT2D eigenvalue weighted by Crippen LogP contribution is -1.99. The van der Waals surface area contributed by atoms with E-state index < -0.39 is 0 Å². The molecule has 1 aromatic heterocycles. The minimum absolute atomic E-state index is 0.0289. The van der Waals surface area contributed by atoms with Gasteiger partial charge in [-0.15, -0.1) is 0 Å². The highest BCUT2D eigenvalue weighted by molar-refractivity contribution is 5.52. The maximum atomic E-state index is 8.85. The fourth-order valence-corrected chi connectivity index (χ4v) is 1.42. The number of fused-ring (bicyclic) bond motifs is 1. The fraction of sp³-hybridized carbons (Fsp3) is 0.417. The van der Waals surface area contributed by atoms with Crippen LogP contribution in [0.5, 0.6) is 0 Å². The summed E-state index contributed by atoms with van der Waals surface area (Å²) in [6.07, 6.45) is 6.33. The second-order valence-corrected chi connectivity index (χ2v) is 2.95. The third-order valence-electron chi connectivity index (χ3n) is 2.09. The van der Waals surface area contributed by atoms with E-state index in [2.05, 4.69) is 17.1 Å². The topological polar surface area (TPSA) is 33.1 Å². The molecule has 0 aromatic carbocycles. The van der Waals surface area contributed by atoms with Crippen molar-refractivity contribution in [3.05, 3.63) is 35.2 Å². The van der Waals surface area contributed by atoms with Crippen molar-refractivity contribution in [2.75, 3.05) is 0 Å². The highest BCUT2D eigenvalue weighted by Crippen LogP contribution is 2.17. The normalized spacial score (nSPS) is 12.8. The summed E-state index contributed by atoms with van der Waals surface area (Å²) in [5.41, 5.74) is 3.06. The van der Waals surface area contributed by atoms with Crippen molar-refractivity contribution in [3.8, 4) is 0 Å². The molecule has 0 saturated carbocycles. The average molecular weight is 191 g/mol. The van der Waals surface area contributed by atoms with Crippen LogP contribution in [0.4, 0.5) is 0 Å². The van der Waals surface area contributed by atoms with Gasteiger partial charge in [0, 0.05) is 0 Å². The van der Waals surface area contributed by atoms with Crippen molar-refractivity contribution in [3.63, 3.8) is 0 Å². The van der Waals surface area contributed by atoms with E-state index in [4.69, 9.17) is 5.11 Å². The van der Waals surface area contributed by atoms with Gasteiger partial charge >= 0.3 is 0 Å². The number of pyridine rings is 1. The maximum Gasteiger partial charge on any atom is 0.0853 e. The van der Waals surface area contributed by atoms with Crippen LogP contribution < -0.4 is 0 Å². The zero-order valence-corrected chi connectivity index (χ0v) is 8.83. The molecule has 0 saturated heterocycles. The van der Waals surface area contributed by atoms with Crippen LogP contribution in [0.1, 0.15) is 37.2 Å². The van der Waals surface area contributed by atoms with E-state index in [1.165, 1.54) is 5.56 Å². The van der Waals surface area contributed by atoms with E-state index in [1.807, 2.05) is 26.0 Å². The summed E-state index contributed by atoms with van der Waals surface area (Å²) in [7, 11) is 0. The van der Waals surface area contributed by atoms with Gasteiger partial charge in [0.05, 0.1) is 18.0 Å². The van der Waals surface area contributed by atoms with E-state index in [-0.39, 0.29) is 6.61 Å². The van der Waals surface area contributed by atoms with Gasteiger partial charge in [-0.1, -0.05) is 26.0 Å². The van der Waals surface area contributed by atoms with Crippen molar-refractivity contribution >= 4 is 6.08 Å². The molecule has 0 radical (unpaired) electrons. The molecule has 2 nitrogen and oxygen atoms in total. The van der Waals surface area contributed by atoms with Crippen LogP contribution in [0.3, 0.4) is 0 Å². The number of allylic oxidation sites excluding steroid dienone is 1. The Hall–Kier alpha value is -1.15. The summed E-state index contributed by atoms with van der Waals surface area (Å²) < 4.78 is 0. The minimum Gasteiger partial charge on any atom is -0.390 e. The molecule has 0 unspecified atom stereocenters. The first-order chi connectivity index (χ1) is 6.90. The van der Waals surface area contributed by atoms with Gasteiger partial charge in [0.2, 0.25) is 0 Å². The first-order valence-electron chi connectivity index (χ1n) is 5.16. The van der Waals surface area contributed by atoms with Gasteiger partial charge in [0.15, 0.2) is 0 Å². The zero-order valence-electron chi connectivity index (χ0n) is 8.83. The largest absolute Gasteiger partial charge is 0.390 e. The predicted octanol–water partition coefficient (Wildman–Crippen LogP) is 2.56. The summed E-state index contributed by atoms with van der Waals surface area (Å²) in [6, 6.07) is 3.94. The molecule has 1 aliphatic rings. The van der Waals surface area contributed by atoms with Crippen LogP contribution in [0.15, 0.2) is 18.2 Å². The Morgan fingerprint density at radius 1 is 1.36 bits per heavy atom. The predicted molar refractivity (Wildman–Crippen MR) is 58.9 cm³/mol. The minimum atomic E-state index is 0.0289. The van der Waals surface area contributed by atoms with Gasteiger partial charge in [0.25, 0.3) is 0 Å². The van der Waals surface area contributed by atoms with Crippen molar-refractivity contribution < 1.29 is 5.11 Å². The molecule has 0 spiro atoms. The van der Waals surface area contributed by atoms with Crippen LogP contribution in [0.25, 0.3) is 6.08 Å². The van der Waals surface area contributed by atoms with E-state index in [0.29, 0.717) is 0 Å². The van der Waals surface area contributed by atoms with Crippen LogP contribution >= 0.6 is 0 Å². The van der Waals surface area contributed by atoms with Crippen molar-refractivity contribution in [2.24, 2.45) is 0 Å². The van der Waals surface area contributed by atoms with Crippen LogP contribution in [-0.4, -0.2) is 10.1 Å². The zero-order chi connectivity index (χ0) is 10.4. The Labute approximate surface area is 85.3 Å². The second kappa shape index (κ2) is 5.55. The smallest absolute Gasteiger partial charge is 0.0853 e. The number of aliphatic hydroxyl groups excluding tert-OH is 1. The molecule has 0 bridgehead atoms. The van der Waals surface area contributed by atoms with Crippen molar-refractivity contribution in [1.82, 2.24) is 4.98 Å². The molecule has 1 heterocycles. The van der Waals surface area contributed by atoms with Crippen LogP contribution in [0.2, 0.25) is 0 Å². The van der Waals surface area contributed by atoms with E-state index >= 15 is 0 Å². The SMILES string of the molecule is CC.OCc1ccc2c(n1)C=CCC2. The third kappa shape index (κ3) is 2.42. The summed E-state index contributed by atoms with van der Waals surface area (Å²) >= 11 is 0. The number of rotatable bonds is 1. The Morgan fingerprint density at radius 2 is 2.14 bits per heavy atom. The van der Waals surface area contributed by atoms with Gasteiger partial charge in [-0.05, 0) is 30.5 Å². The fourth-order valence-electron chi connectivity index (χ4n) is 1.42. The summed E-state index contributed by atoms with van der Waals surface area (Å²) in [4.78, 5) is 4.29. The number of aliphatic hydroxyl groups is 1.